The topological polar surface area (TPSA) is 139 Å². The third-order valence-electron chi connectivity index (χ3n) is 10.4. The zero-order chi connectivity index (χ0) is 40.3. The Morgan fingerprint density at radius 1 is 1.05 bits per heavy atom. The predicted octanol–water partition coefficient (Wildman–Crippen LogP) is 8.74. The highest BCUT2D eigenvalue weighted by Crippen LogP contribution is 2.45. The molecule has 0 saturated carbocycles. The van der Waals surface area contributed by atoms with Crippen molar-refractivity contribution in [3.63, 3.8) is 0 Å². The van der Waals surface area contributed by atoms with Gasteiger partial charge >= 0.3 is 18.2 Å². The summed E-state index contributed by atoms with van der Waals surface area (Å²) >= 11 is 0.836. The third-order valence-corrected chi connectivity index (χ3v) is 11.5. The van der Waals surface area contributed by atoms with Gasteiger partial charge in [0.25, 0.3) is 0 Å². The van der Waals surface area contributed by atoms with Crippen LogP contribution >= 0.6 is 11.3 Å². The molecule has 298 valence electrons. The SMILES string of the molecule is C[C@@H]1[C@H](Oc2nc(OC[C@@]34CCCN3C[C@H](F)C4)nc3c(F)c(-c4ccc(F)c5sc(NC(=O)OC(C)(C)C)c(C#N)c45)ccc23)CCN1C(=O)OC(C)(C)C. The van der Waals surface area contributed by atoms with E-state index in [9.17, 15) is 19.2 Å². The molecule has 4 aromatic rings. The molecule has 1 N–H and O–H groups in total. The lowest BCUT2D eigenvalue weighted by atomic mass is 9.95. The molecule has 56 heavy (non-hydrogen) atoms. The molecule has 7 rings (SSSR count). The number of amides is 2. The maximum absolute atomic E-state index is 17.1. The second-order valence-corrected chi connectivity index (χ2v) is 17.7. The number of likely N-dealkylation sites (tertiary alicyclic amines) is 1. The summed E-state index contributed by atoms with van der Waals surface area (Å²) in [6, 6.07) is 7.04. The van der Waals surface area contributed by atoms with Gasteiger partial charge in [-0.25, -0.2) is 22.8 Å². The molecule has 4 atom stereocenters. The Morgan fingerprint density at radius 3 is 2.50 bits per heavy atom. The number of ether oxygens (including phenoxy) is 4. The number of aromatic nitrogens is 2. The molecule has 0 unspecified atom stereocenters. The van der Waals surface area contributed by atoms with Gasteiger partial charge < -0.3 is 23.8 Å². The van der Waals surface area contributed by atoms with Gasteiger partial charge in [0, 0.05) is 36.9 Å². The average molecular weight is 795 g/mol. The van der Waals surface area contributed by atoms with Gasteiger partial charge in [0.2, 0.25) is 5.88 Å². The zero-order valence-electron chi connectivity index (χ0n) is 32.4. The molecule has 2 aromatic heterocycles. The third kappa shape index (κ3) is 7.63. The summed E-state index contributed by atoms with van der Waals surface area (Å²) in [6.07, 6.45) is -0.474. The van der Waals surface area contributed by atoms with Crippen molar-refractivity contribution in [3.05, 3.63) is 41.5 Å². The minimum Gasteiger partial charge on any atom is -0.471 e. The van der Waals surface area contributed by atoms with Crippen molar-refractivity contribution in [1.82, 2.24) is 19.8 Å². The van der Waals surface area contributed by atoms with E-state index in [2.05, 4.69) is 20.2 Å². The van der Waals surface area contributed by atoms with Crippen LogP contribution in [0, 0.1) is 23.0 Å². The van der Waals surface area contributed by atoms with Crippen molar-refractivity contribution in [3.8, 4) is 29.1 Å². The number of hydrogen-bond acceptors (Lipinski definition) is 11. The van der Waals surface area contributed by atoms with E-state index in [0.717, 1.165) is 30.7 Å². The number of benzene rings is 2. The summed E-state index contributed by atoms with van der Waals surface area (Å²) in [5.74, 6) is -1.45. The summed E-state index contributed by atoms with van der Waals surface area (Å²) in [4.78, 5) is 38.4. The van der Waals surface area contributed by atoms with Gasteiger partial charge in [-0.15, -0.1) is 11.3 Å². The Labute approximate surface area is 326 Å². The van der Waals surface area contributed by atoms with Crippen LogP contribution in [0.3, 0.4) is 0 Å². The first-order valence-corrected chi connectivity index (χ1v) is 19.5. The highest BCUT2D eigenvalue weighted by Gasteiger charge is 2.49. The first-order valence-electron chi connectivity index (χ1n) is 18.7. The van der Waals surface area contributed by atoms with E-state index < -0.39 is 58.9 Å². The summed E-state index contributed by atoms with van der Waals surface area (Å²) in [5.41, 5.74) is -2.10. The van der Waals surface area contributed by atoms with Crippen LogP contribution in [0.2, 0.25) is 0 Å². The minimum absolute atomic E-state index is 0.00169. The van der Waals surface area contributed by atoms with Gasteiger partial charge in [-0.2, -0.15) is 15.2 Å². The molecule has 5 heterocycles. The van der Waals surface area contributed by atoms with Crippen LogP contribution in [0.4, 0.5) is 27.8 Å². The Bertz CT molecular complexity index is 2250. The second-order valence-electron chi connectivity index (χ2n) is 16.7. The van der Waals surface area contributed by atoms with Gasteiger partial charge in [-0.3, -0.25) is 10.2 Å². The van der Waals surface area contributed by atoms with E-state index in [1.165, 1.54) is 18.2 Å². The van der Waals surface area contributed by atoms with Gasteiger partial charge in [-0.1, -0.05) is 12.1 Å². The Kier molecular flexibility index (Phi) is 10.2. The number of carbonyl (C=O) groups excluding carboxylic acids is 2. The van der Waals surface area contributed by atoms with E-state index in [-0.39, 0.29) is 61.2 Å². The Balaban J connectivity index is 1.29. The molecule has 3 saturated heterocycles. The number of nitrogens with one attached hydrogen (secondary N) is 1. The number of halogens is 3. The fraction of sp³-hybridized carbons (Fsp3) is 0.525. The van der Waals surface area contributed by atoms with E-state index in [1.54, 1.807) is 52.5 Å². The van der Waals surface area contributed by atoms with Crippen molar-refractivity contribution in [2.45, 2.75) is 109 Å². The smallest absolute Gasteiger partial charge is 0.412 e. The van der Waals surface area contributed by atoms with E-state index in [4.69, 9.17) is 18.9 Å². The number of thiophene rings is 1. The standard InChI is InChI=1S/C40H45F3N6O6S/c1-21-28(13-16-49(21)37(51)55-39(5,6)7)53-33-25-10-9-24(30(43)31(25)45-35(46-33)52-20-40-14-8-15-48(40)19-22(41)17-40)23-11-12-27(42)32-29(23)26(18-44)34(56-32)47-36(50)54-38(2,3)4/h9-12,21-22,28H,8,13-17,19-20H2,1-7H3,(H,47,50)/t21-,22-,28-,40+/m1/s1. The Morgan fingerprint density at radius 2 is 1.79 bits per heavy atom. The van der Waals surface area contributed by atoms with Crippen molar-refractivity contribution in [2.24, 2.45) is 0 Å². The monoisotopic (exact) mass is 794 g/mol. The van der Waals surface area contributed by atoms with E-state index >= 15 is 8.78 Å². The maximum Gasteiger partial charge on any atom is 0.412 e. The number of hydrogen-bond donors (Lipinski definition) is 1. The Hall–Kier alpha value is -4.88. The van der Waals surface area contributed by atoms with Crippen LogP contribution in [0.1, 0.15) is 79.7 Å². The summed E-state index contributed by atoms with van der Waals surface area (Å²) < 4.78 is 70.7. The molecule has 0 spiro atoms. The summed E-state index contributed by atoms with van der Waals surface area (Å²) in [6.45, 7) is 13.8. The lowest BCUT2D eigenvalue weighted by Gasteiger charge is -2.31. The molecule has 0 bridgehead atoms. The van der Waals surface area contributed by atoms with Crippen LogP contribution in [-0.2, 0) is 9.47 Å². The number of fused-ring (bicyclic) bond motifs is 3. The molecule has 0 radical (unpaired) electrons. The summed E-state index contributed by atoms with van der Waals surface area (Å²) in [7, 11) is 0. The normalized spacial score (nSPS) is 22.7. The van der Waals surface area contributed by atoms with Crippen molar-refractivity contribution >= 4 is 49.5 Å². The molecule has 16 heteroatoms. The lowest BCUT2D eigenvalue weighted by Crippen LogP contribution is -2.43. The zero-order valence-corrected chi connectivity index (χ0v) is 33.2. The average Bonchev–Trinajstić information content (AvgIpc) is 3.84. The molecule has 3 fully saturated rings. The van der Waals surface area contributed by atoms with Crippen LogP contribution < -0.4 is 14.8 Å². The molecule has 3 aliphatic rings. The molecule has 0 aliphatic carbocycles. The fourth-order valence-corrected chi connectivity index (χ4v) is 8.97. The predicted molar refractivity (Wildman–Crippen MR) is 205 cm³/mol. The lowest BCUT2D eigenvalue weighted by molar-refractivity contribution is 0.0190. The summed E-state index contributed by atoms with van der Waals surface area (Å²) in [5, 5.41) is 13.2. The molecular formula is C40H45F3N6O6S. The van der Waals surface area contributed by atoms with Crippen molar-refractivity contribution in [1.29, 1.82) is 5.26 Å². The van der Waals surface area contributed by atoms with Gasteiger partial charge in [0.05, 0.1) is 27.2 Å². The van der Waals surface area contributed by atoms with Crippen LogP contribution in [0.25, 0.3) is 32.1 Å². The second kappa shape index (κ2) is 14.6. The quantitative estimate of drug-likeness (QED) is 0.193. The molecular weight excluding hydrogens is 750 g/mol. The van der Waals surface area contributed by atoms with Crippen molar-refractivity contribution in [2.75, 3.05) is 31.6 Å². The number of anilines is 1. The van der Waals surface area contributed by atoms with Gasteiger partial charge in [0.15, 0.2) is 5.82 Å². The fourth-order valence-electron chi connectivity index (χ4n) is 7.90. The molecule has 2 amide bonds. The molecule has 12 nitrogen and oxygen atoms in total. The number of nitrogens with zero attached hydrogens (tertiary/aromatic N) is 5. The van der Waals surface area contributed by atoms with Crippen LogP contribution in [-0.4, -0.2) is 93.3 Å². The molecule has 2 aromatic carbocycles. The largest absolute Gasteiger partial charge is 0.471 e. The van der Waals surface area contributed by atoms with Crippen molar-refractivity contribution < 1.29 is 41.7 Å². The first-order chi connectivity index (χ1) is 26.4. The van der Waals surface area contributed by atoms with Crippen LogP contribution in [0.5, 0.6) is 11.9 Å². The number of alkyl halides is 1. The first kappa shape index (κ1) is 39.4. The van der Waals surface area contributed by atoms with E-state index in [1.807, 2.05) is 13.0 Å². The highest BCUT2D eigenvalue weighted by molar-refractivity contribution is 7.23. The number of rotatable bonds is 7. The minimum atomic E-state index is -0.991. The number of nitriles is 1. The highest BCUT2D eigenvalue weighted by atomic mass is 32.1. The van der Waals surface area contributed by atoms with Gasteiger partial charge in [0.1, 0.15) is 52.5 Å². The van der Waals surface area contributed by atoms with Crippen LogP contribution in [0.15, 0.2) is 24.3 Å². The van der Waals surface area contributed by atoms with Gasteiger partial charge in [-0.05, 0) is 85.5 Å². The maximum atomic E-state index is 17.1. The molecule has 3 aliphatic heterocycles. The van der Waals surface area contributed by atoms with E-state index in [0.29, 0.717) is 25.9 Å². The number of carbonyl (C=O) groups is 2.